The molecule has 0 aromatic heterocycles. The average molecular weight is 717 g/mol. The van der Waals surface area contributed by atoms with Crippen molar-refractivity contribution in [1.82, 2.24) is 0 Å². The minimum absolute atomic E-state index is 1.37. The number of rotatable bonds is 38. The zero-order valence-corrected chi connectivity index (χ0v) is 35.7. The quantitative estimate of drug-likeness (QED) is 0.0479. The normalized spacial score (nSPS) is 11.8. The minimum atomic E-state index is -1.49. The molecule has 0 fully saturated rings. The first-order chi connectivity index (χ1) is 25.3. The molecule has 51 heavy (non-hydrogen) atoms. The van der Waals surface area contributed by atoms with E-state index in [-0.39, 0.29) is 0 Å². The summed E-state index contributed by atoms with van der Waals surface area (Å²) in [5.41, 5.74) is 3.21. The highest BCUT2D eigenvalue weighted by Gasteiger charge is 2.32. The molecule has 0 unspecified atom stereocenters. The van der Waals surface area contributed by atoms with Gasteiger partial charge in [-0.3, -0.25) is 0 Å². The lowest BCUT2D eigenvalue weighted by Gasteiger charge is -2.33. The van der Waals surface area contributed by atoms with E-state index in [4.69, 9.17) is 0 Å². The van der Waals surface area contributed by atoms with Crippen molar-refractivity contribution >= 4 is 8.07 Å². The van der Waals surface area contributed by atoms with Crippen molar-refractivity contribution in [3.8, 4) is 0 Å². The molecule has 0 radical (unpaired) electrons. The fourth-order valence-electron chi connectivity index (χ4n) is 8.69. The first-order valence-corrected chi connectivity index (χ1v) is 26.2. The van der Waals surface area contributed by atoms with Crippen LogP contribution in [0.25, 0.3) is 0 Å². The van der Waals surface area contributed by atoms with E-state index in [0.29, 0.717) is 0 Å². The van der Waals surface area contributed by atoms with Crippen molar-refractivity contribution in [3.05, 3.63) is 71.8 Å². The molecule has 0 N–H and O–H groups in total. The van der Waals surface area contributed by atoms with Crippen LogP contribution in [0.1, 0.15) is 230 Å². The van der Waals surface area contributed by atoms with Crippen LogP contribution in [0, 0.1) is 0 Å². The maximum atomic E-state index is 2.42. The highest BCUT2D eigenvalue weighted by atomic mass is 28.3. The second-order valence-electron chi connectivity index (χ2n) is 16.9. The summed E-state index contributed by atoms with van der Waals surface area (Å²) in [7, 11) is -1.49. The summed E-state index contributed by atoms with van der Waals surface area (Å²) in [4.78, 5) is 0. The van der Waals surface area contributed by atoms with Crippen molar-refractivity contribution in [2.24, 2.45) is 0 Å². The molecule has 0 aliphatic rings. The molecule has 2 rings (SSSR count). The van der Waals surface area contributed by atoms with Gasteiger partial charge in [-0.05, 0) is 12.1 Å². The van der Waals surface area contributed by atoms with Crippen LogP contribution < -0.4 is 0 Å². The van der Waals surface area contributed by atoms with Crippen LogP contribution in [0.2, 0.25) is 12.1 Å². The van der Waals surface area contributed by atoms with Gasteiger partial charge in [-0.2, -0.15) is 0 Å². The van der Waals surface area contributed by atoms with Crippen LogP contribution in [0.5, 0.6) is 0 Å². The fourth-order valence-corrected chi connectivity index (χ4v) is 14.0. The van der Waals surface area contributed by atoms with Gasteiger partial charge < -0.3 is 0 Å². The molecule has 0 saturated carbocycles. The zero-order chi connectivity index (χ0) is 36.2. The van der Waals surface area contributed by atoms with E-state index < -0.39 is 8.07 Å². The molecule has 0 bridgehead atoms. The van der Waals surface area contributed by atoms with E-state index in [1.165, 1.54) is 230 Å². The summed E-state index contributed by atoms with van der Waals surface area (Å²) in [5.74, 6) is 0. The van der Waals surface area contributed by atoms with Gasteiger partial charge in [0.2, 0.25) is 0 Å². The van der Waals surface area contributed by atoms with Gasteiger partial charge in [0.15, 0.2) is 0 Å². The van der Waals surface area contributed by atoms with Crippen LogP contribution in [0.4, 0.5) is 0 Å². The molecule has 292 valence electrons. The second-order valence-corrected chi connectivity index (χ2v) is 21.6. The summed E-state index contributed by atoms with van der Waals surface area (Å²) in [5, 5.41) is 0. The van der Waals surface area contributed by atoms with Crippen LogP contribution in [-0.4, -0.2) is 8.07 Å². The lowest BCUT2D eigenvalue weighted by Crippen LogP contribution is -2.40. The molecule has 0 atom stereocenters. The number of benzene rings is 2. The van der Waals surface area contributed by atoms with Gasteiger partial charge in [-0.15, -0.1) is 0 Å². The molecule has 0 spiro atoms. The van der Waals surface area contributed by atoms with Crippen molar-refractivity contribution in [1.29, 1.82) is 0 Å². The Labute approximate surface area is 322 Å². The Bertz CT molecular complexity index is 872. The Morgan fingerprint density at radius 1 is 0.275 bits per heavy atom. The molecular formula is C50H88Si. The predicted molar refractivity (Wildman–Crippen MR) is 235 cm³/mol. The summed E-state index contributed by atoms with van der Waals surface area (Å²) >= 11 is 0. The summed E-state index contributed by atoms with van der Waals surface area (Å²) in [6.07, 6.45) is 46.7. The Morgan fingerprint density at radius 3 is 0.725 bits per heavy atom. The molecule has 0 saturated heterocycles. The smallest absolute Gasteiger partial charge is 0.0623 e. The van der Waals surface area contributed by atoms with E-state index in [2.05, 4.69) is 74.5 Å². The van der Waals surface area contributed by atoms with Crippen LogP contribution >= 0.6 is 0 Å². The maximum Gasteiger partial charge on any atom is 0.0623 e. The monoisotopic (exact) mass is 717 g/mol. The third-order valence-corrected chi connectivity index (χ3v) is 17.1. The van der Waals surface area contributed by atoms with Gasteiger partial charge in [-0.1, -0.05) is 303 Å². The predicted octanol–water partition coefficient (Wildman–Crippen LogP) is 17.5. The van der Waals surface area contributed by atoms with Gasteiger partial charge in [0.1, 0.15) is 0 Å². The summed E-state index contributed by atoms with van der Waals surface area (Å²) in [6.45, 7) is 4.63. The van der Waals surface area contributed by atoms with E-state index >= 15 is 0 Å². The molecule has 0 aliphatic heterocycles. The fraction of sp³-hybridized carbons (Fsp3) is 0.760. The number of hydrogen-bond donors (Lipinski definition) is 0. The number of hydrogen-bond acceptors (Lipinski definition) is 0. The summed E-state index contributed by atoms with van der Waals surface area (Å²) in [6, 6.07) is 29.0. The van der Waals surface area contributed by atoms with Gasteiger partial charge >= 0.3 is 0 Å². The van der Waals surface area contributed by atoms with Crippen molar-refractivity contribution in [2.75, 3.05) is 0 Å². The van der Waals surface area contributed by atoms with Crippen LogP contribution in [0.15, 0.2) is 60.7 Å². The standard InChI is InChI=1S/C50H88Si/c1-3-5-7-9-11-13-15-17-19-21-23-25-27-29-31-39-45-51(47-49-41-35-33-36-42-49,48-50-43-37-34-38-44-50)46-40-32-30-28-26-24-22-20-18-16-14-12-10-8-6-4-2/h33-38,41-44H,3-32,39-40,45-48H2,1-2H3. The van der Waals surface area contributed by atoms with E-state index in [1.807, 2.05) is 0 Å². The summed E-state index contributed by atoms with van der Waals surface area (Å²) < 4.78 is 0. The van der Waals surface area contributed by atoms with E-state index in [0.717, 1.165) is 0 Å². The average Bonchev–Trinajstić information content (AvgIpc) is 3.15. The van der Waals surface area contributed by atoms with Gasteiger partial charge in [-0.25, -0.2) is 0 Å². The Kier molecular flexibility index (Phi) is 30.9. The Balaban J connectivity index is 1.68. The first-order valence-electron chi connectivity index (χ1n) is 23.4. The highest BCUT2D eigenvalue weighted by Crippen LogP contribution is 2.31. The number of unbranched alkanes of at least 4 members (excludes halogenated alkanes) is 30. The van der Waals surface area contributed by atoms with Crippen molar-refractivity contribution < 1.29 is 0 Å². The Hall–Kier alpha value is -1.34. The van der Waals surface area contributed by atoms with Crippen LogP contribution in [-0.2, 0) is 12.1 Å². The maximum absolute atomic E-state index is 2.42. The molecule has 0 heterocycles. The molecular weight excluding hydrogens is 629 g/mol. The molecule has 0 aliphatic carbocycles. The zero-order valence-electron chi connectivity index (χ0n) is 34.7. The van der Waals surface area contributed by atoms with Gasteiger partial charge in [0.25, 0.3) is 0 Å². The molecule has 1 heteroatoms. The molecule has 2 aromatic rings. The molecule has 0 amide bonds. The van der Waals surface area contributed by atoms with Gasteiger partial charge in [0.05, 0.1) is 8.07 Å². The van der Waals surface area contributed by atoms with Crippen molar-refractivity contribution in [2.45, 2.75) is 243 Å². The second kappa shape index (κ2) is 34.4. The first kappa shape index (κ1) is 45.8. The van der Waals surface area contributed by atoms with Gasteiger partial charge in [0, 0.05) is 0 Å². The third kappa shape index (κ3) is 27.0. The lowest BCUT2D eigenvalue weighted by atomic mass is 10.0. The lowest BCUT2D eigenvalue weighted by molar-refractivity contribution is 0.530. The van der Waals surface area contributed by atoms with E-state index in [9.17, 15) is 0 Å². The largest absolute Gasteiger partial charge is 0.0654 e. The Morgan fingerprint density at radius 2 is 0.490 bits per heavy atom. The topological polar surface area (TPSA) is 0 Å². The minimum Gasteiger partial charge on any atom is -0.0654 e. The van der Waals surface area contributed by atoms with E-state index in [1.54, 1.807) is 11.1 Å². The van der Waals surface area contributed by atoms with Crippen LogP contribution in [0.3, 0.4) is 0 Å². The molecule has 0 nitrogen and oxygen atoms in total. The SMILES string of the molecule is CCCCCCCCCCCCCCCCCC[Si](CCCCCCCCCCCCCCCCCC)(Cc1ccccc1)Cc1ccccc1. The third-order valence-electron chi connectivity index (χ3n) is 12.0. The molecule has 2 aromatic carbocycles. The van der Waals surface area contributed by atoms with Crippen molar-refractivity contribution in [3.63, 3.8) is 0 Å². The highest BCUT2D eigenvalue weighted by molar-refractivity contribution is 6.78.